The molecule has 2 nitrogen and oxygen atoms in total. The molecule has 0 saturated carbocycles. The minimum absolute atomic E-state index is 0.660. The van der Waals surface area contributed by atoms with Crippen molar-refractivity contribution in [1.82, 2.24) is 10.3 Å². The molecule has 0 saturated heterocycles. The molecule has 1 unspecified atom stereocenters. The summed E-state index contributed by atoms with van der Waals surface area (Å²) in [7, 11) is 0. The Morgan fingerprint density at radius 2 is 1.78 bits per heavy atom. The van der Waals surface area contributed by atoms with Crippen molar-refractivity contribution < 1.29 is 0 Å². The van der Waals surface area contributed by atoms with Crippen molar-refractivity contribution in [2.24, 2.45) is 5.92 Å². The van der Waals surface area contributed by atoms with E-state index in [9.17, 15) is 0 Å². The van der Waals surface area contributed by atoms with Gasteiger partial charge in [0.25, 0.3) is 0 Å². The van der Waals surface area contributed by atoms with Crippen LogP contribution in [-0.2, 0) is 6.42 Å². The summed E-state index contributed by atoms with van der Waals surface area (Å²) in [5.41, 5.74) is 1.40. The van der Waals surface area contributed by atoms with Crippen LogP contribution in [0.25, 0.3) is 0 Å². The van der Waals surface area contributed by atoms with Crippen LogP contribution in [0.1, 0.15) is 52.0 Å². The molecular formula is C16H28N2. The Balaban J connectivity index is 2.42. The van der Waals surface area contributed by atoms with Crippen LogP contribution in [0.5, 0.6) is 0 Å². The standard InChI is InChI=1S/C16H28N2/c1-4-14(5-2)13-16(18-6-3)8-7-15-9-11-17-12-10-15/h9-12,14,16,18H,4-8,13H2,1-3H3. The van der Waals surface area contributed by atoms with Gasteiger partial charge in [0.15, 0.2) is 0 Å². The number of rotatable bonds is 9. The van der Waals surface area contributed by atoms with E-state index >= 15 is 0 Å². The minimum Gasteiger partial charge on any atom is -0.314 e. The van der Waals surface area contributed by atoms with E-state index in [2.05, 4.69) is 43.2 Å². The minimum atomic E-state index is 0.660. The predicted molar refractivity (Wildman–Crippen MR) is 78.7 cm³/mol. The Labute approximate surface area is 112 Å². The zero-order chi connectivity index (χ0) is 13.2. The molecule has 0 amide bonds. The highest BCUT2D eigenvalue weighted by Gasteiger charge is 2.13. The van der Waals surface area contributed by atoms with Crippen LogP contribution in [0.15, 0.2) is 24.5 Å². The maximum atomic E-state index is 4.07. The van der Waals surface area contributed by atoms with Crippen molar-refractivity contribution in [3.05, 3.63) is 30.1 Å². The van der Waals surface area contributed by atoms with Crippen LogP contribution in [0.4, 0.5) is 0 Å². The van der Waals surface area contributed by atoms with Gasteiger partial charge in [0, 0.05) is 18.4 Å². The Bertz CT molecular complexity index is 293. The maximum absolute atomic E-state index is 4.07. The smallest absolute Gasteiger partial charge is 0.0270 e. The molecule has 1 N–H and O–H groups in total. The van der Waals surface area contributed by atoms with Crippen LogP contribution in [-0.4, -0.2) is 17.6 Å². The average Bonchev–Trinajstić information content (AvgIpc) is 2.43. The van der Waals surface area contributed by atoms with E-state index in [1.54, 1.807) is 0 Å². The molecule has 0 aliphatic heterocycles. The fraction of sp³-hybridized carbons (Fsp3) is 0.688. The van der Waals surface area contributed by atoms with Crippen LogP contribution in [0, 0.1) is 5.92 Å². The largest absolute Gasteiger partial charge is 0.314 e. The van der Waals surface area contributed by atoms with Crippen molar-refractivity contribution >= 4 is 0 Å². The first-order valence-electron chi connectivity index (χ1n) is 7.42. The molecule has 0 spiro atoms. The molecule has 1 aromatic heterocycles. The molecule has 18 heavy (non-hydrogen) atoms. The van der Waals surface area contributed by atoms with Gasteiger partial charge < -0.3 is 5.32 Å². The fourth-order valence-corrected chi connectivity index (χ4v) is 2.51. The molecule has 0 aromatic carbocycles. The van der Waals surface area contributed by atoms with Crippen LogP contribution < -0.4 is 5.32 Å². The highest BCUT2D eigenvalue weighted by atomic mass is 14.9. The Morgan fingerprint density at radius 3 is 2.33 bits per heavy atom. The summed E-state index contributed by atoms with van der Waals surface area (Å²) < 4.78 is 0. The Morgan fingerprint density at radius 1 is 1.11 bits per heavy atom. The third-order valence-electron chi connectivity index (χ3n) is 3.80. The van der Waals surface area contributed by atoms with Gasteiger partial charge in [-0.2, -0.15) is 0 Å². The highest BCUT2D eigenvalue weighted by molar-refractivity contribution is 5.09. The van der Waals surface area contributed by atoms with Gasteiger partial charge in [-0.25, -0.2) is 0 Å². The molecular weight excluding hydrogens is 220 g/mol. The van der Waals surface area contributed by atoms with E-state index in [0.717, 1.165) is 18.9 Å². The SMILES string of the molecule is CCNC(CCc1ccncc1)CC(CC)CC. The van der Waals surface area contributed by atoms with Crippen LogP contribution in [0.3, 0.4) is 0 Å². The first-order chi connectivity index (χ1) is 8.80. The first-order valence-corrected chi connectivity index (χ1v) is 7.42. The van der Waals surface area contributed by atoms with Gasteiger partial charge in [-0.15, -0.1) is 0 Å². The lowest BCUT2D eigenvalue weighted by molar-refractivity contribution is 0.356. The summed E-state index contributed by atoms with van der Waals surface area (Å²) in [5, 5.41) is 3.64. The van der Waals surface area contributed by atoms with E-state index in [-0.39, 0.29) is 0 Å². The number of pyridine rings is 1. The number of nitrogens with zero attached hydrogens (tertiary/aromatic N) is 1. The monoisotopic (exact) mass is 248 g/mol. The van der Waals surface area contributed by atoms with E-state index in [1.807, 2.05) is 12.4 Å². The van der Waals surface area contributed by atoms with Crippen molar-refractivity contribution in [2.75, 3.05) is 6.54 Å². The van der Waals surface area contributed by atoms with E-state index in [4.69, 9.17) is 0 Å². The van der Waals surface area contributed by atoms with Gasteiger partial charge in [0.1, 0.15) is 0 Å². The molecule has 1 heterocycles. The second kappa shape index (κ2) is 9.09. The lowest BCUT2D eigenvalue weighted by Gasteiger charge is -2.22. The maximum Gasteiger partial charge on any atom is 0.0270 e. The number of aryl methyl sites for hydroxylation is 1. The lowest BCUT2D eigenvalue weighted by Crippen LogP contribution is -2.31. The van der Waals surface area contributed by atoms with Crippen molar-refractivity contribution in [2.45, 2.75) is 58.9 Å². The number of hydrogen-bond donors (Lipinski definition) is 1. The normalized spacial score (nSPS) is 12.9. The number of aromatic nitrogens is 1. The molecule has 2 heteroatoms. The second-order valence-electron chi connectivity index (χ2n) is 5.07. The third-order valence-corrected chi connectivity index (χ3v) is 3.80. The highest BCUT2D eigenvalue weighted by Crippen LogP contribution is 2.18. The summed E-state index contributed by atoms with van der Waals surface area (Å²) in [5.74, 6) is 0.867. The summed E-state index contributed by atoms with van der Waals surface area (Å²) >= 11 is 0. The molecule has 0 aliphatic rings. The zero-order valence-electron chi connectivity index (χ0n) is 12.2. The third kappa shape index (κ3) is 5.63. The summed E-state index contributed by atoms with van der Waals surface area (Å²) in [6.45, 7) is 7.88. The van der Waals surface area contributed by atoms with E-state index in [1.165, 1.54) is 31.2 Å². The van der Waals surface area contributed by atoms with Crippen molar-refractivity contribution in [3.8, 4) is 0 Å². The topological polar surface area (TPSA) is 24.9 Å². The zero-order valence-corrected chi connectivity index (χ0v) is 12.2. The molecule has 0 fully saturated rings. The number of nitrogens with one attached hydrogen (secondary N) is 1. The molecule has 1 atom stereocenters. The Hall–Kier alpha value is -0.890. The predicted octanol–water partition coefficient (Wildman–Crippen LogP) is 3.82. The molecule has 0 radical (unpaired) electrons. The van der Waals surface area contributed by atoms with Gasteiger partial charge in [-0.3, -0.25) is 4.98 Å². The van der Waals surface area contributed by atoms with Crippen molar-refractivity contribution in [1.29, 1.82) is 0 Å². The van der Waals surface area contributed by atoms with Gasteiger partial charge in [0.2, 0.25) is 0 Å². The van der Waals surface area contributed by atoms with Gasteiger partial charge >= 0.3 is 0 Å². The van der Waals surface area contributed by atoms with Crippen LogP contribution in [0.2, 0.25) is 0 Å². The molecule has 102 valence electrons. The van der Waals surface area contributed by atoms with E-state index in [0.29, 0.717) is 6.04 Å². The summed E-state index contributed by atoms with van der Waals surface area (Å²) in [4.78, 5) is 4.07. The first kappa shape index (κ1) is 15.2. The number of hydrogen-bond acceptors (Lipinski definition) is 2. The molecule has 0 bridgehead atoms. The van der Waals surface area contributed by atoms with Gasteiger partial charge in [-0.1, -0.05) is 33.6 Å². The van der Waals surface area contributed by atoms with Crippen LogP contribution >= 0.6 is 0 Å². The summed E-state index contributed by atoms with van der Waals surface area (Å²) in [6.07, 6.45) is 10.1. The molecule has 1 aromatic rings. The second-order valence-corrected chi connectivity index (χ2v) is 5.07. The fourth-order valence-electron chi connectivity index (χ4n) is 2.51. The summed E-state index contributed by atoms with van der Waals surface area (Å²) in [6, 6.07) is 4.91. The Kier molecular flexibility index (Phi) is 7.66. The molecule has 1 rings (SSSR count). The van der Waals surface area contributed by atoms with Crippen molar-refractivity contribution in [3.63, 3.8) is 0 Å². The quantitative estimate of drug-likeness (QED) is 0.718. The van der Waals surface area contributed by atoms with Gasteiger partial charge in [-0.05, 0) is 49.4 Å². The van der Waals surface area contributed by atoms with E-state index < -0.39 is 0 Å². The van der Waals surface area contributed by atoms with Gasteiger partial charge in [0.05, 0.1) is 0 Å². The lowest BCUT2D eigenvalue weighted by atomic mass is 9.92. The molecule has 0 aliphatic carbocycles. The average molecular weight is 248 g/mol.